The number of nitrogens with zero attached hydrogens (tertiary/aromatic N) is 2. The smallest absolute Gasteiger partial charge is 0.269 e. The Bertz CT molecular complexity index is 1390. The molecule has 3 amide bonds. The first kappa shape index (κ1) is 27.1. The van der Waals surface area contributed by atoms with Crippen LogP contribution < -0.4 is 5.32 Å². The maximum absolute atomic E-state index is 13.6. The lowest BCUT2D eigenvalue weighted by Crippen LogP contribution is -2.50. The molecular formula is C29H31N3O5S. The number of carbonyl (C=O) groups excluding carboxylic acids is 3. The van der Waals surface area contributed by atoms with Gasteiger partial charge in [-0.15, -0.1) is 0 Å². The molecule has 4 rings (SSSR count). The van der Waals surface area contributed by atoms with E-state index in [1.807, 2.05) is 67.6 Å². The average Bonchev–Trinajstić information content (AvgIpc) is 3.12. The summed E-state index contributed by atoms with van der Waals surface area (Å²) in [5.74, 6) is -1.13. The minimum absolute atomic E-state index is 0.0128. The second-order valence-electron chi connectivity index (χ2n) is 9.09. The van der Waals surface area contributed by atoms with E-state index < -0.39 is 22.0 Å². The van der Waals surface area contributed by atoms with E-state index in [2.05, 4.69) is 5.32 Å². The molecule has 1 aliphatic heterocycles. The maximum Gasteiger partial charge on any atom is 0.269 e. The predicted octanol–water partition coefficient (Wildman–Crippen LogP) is 3.39. The zero-order chi connectivity index (χ0) is 27.1. The molecular weight excluding hydrogens is 502 g/mol. The number of sulfonamides is 1. The monoisotopic (exact) mass is 533 g/mol. The predicted molar refractivity (Wildman–Crippen MR) is 144 cm³/mol. The van der Waals surface area contributed by atoms with Crippen LogP contribution in [0.25, 0.3) is 0 Å². The summed E-state index contributed by atoms with van der Waals surface area (Å²) >= 11 is 0. The van der Waals surface area contributed by atoms with Crippen molar-refractivity contribution in [3.05, 3.63) is 102 Å². The molecule has 0 saturated carbocycles. The molecule has 0 aromatic heterocycles. The molecule has 1 aliphatic rings. The summed E-state index contributed by atoms with van der Waals surface area (Å²) in [5.41, 5.74) is 1.93. The fourth-order valence-corrected chi connectivity index (χ4v) is 6.20. The van der Waals surface area contributed by atoms with Crippen LogP contribution in [0.2, 0.25) is 0 Å². The van der Waals surface area contributed by atoms with E-state index in [9.17, 15) is 22.8 Å². The molecule has 0 radical (unpaired) electrons. The Labute approximate surface area is 223 Å². The molecule has 9 heteroatoms. The number of rotatable bonds is 11. The van der Waals surface area contributed by atoms with Crippen molar-refractivity contribution in [1.29, 1.82) is 0 Å². The van der Waals surface area contributed by atoms with Gasteiger partial charge in [-0.1, -0.05) is 72.8 Å². The molecule has 1 N–H and O–H groups in total. The summed E-state index contributed by atoms with van der Waals surface area (Å²) in [5, 5.41) is 2.85. The highest BCUT2D eigenvalue weighted by Crippen LogP contribution is 2.30. The van der Waals surface area contributed by atoms with E-state index in [1.165, 1.54) is 12.1 Å². The standard InChI is InChI=1S/C29H31N3O5S/c1-2-30-28(34)25(20-22-12-5-3-6-13-22)31(21-23-14-7-4-8-15-23)27(33)18-11-19-32-29(35)24-16-9-10-17-26(24)38(32,36)37/h3-10,12-17,25H,2,11,18-21H2,1H3,(H,30,34)/t25-/m0/s1. The lowest BCUT2D eigenvalue weighted by molar-refractivity contribution is -0.141. The topological polar surface area (TPSA) is 104 Å². The number of benzene rings is 3. The van der Waals surface area contributed by atoms with Crippen LogP contribution in [0, 0.1) is 0 Å². The minimum atomic E-state index is -3.95. The Morgan fingerprint density at radius 1 is 0.895 bits per heavy atom. The number of fused-ring (bicyclic) bond motifs is 1. The minimum Gasteiger partial charge on any atom is -0.355 e. The third-order valence-corrected chi connectivity index (χ3v) is 8.32. The van der Waals surface area contributed by atoms with Gasteiger partial charge in [-0.2, -0.15) is 0 Å². The Morgan fingerprint density at radius 3 is 2.13 bits per heavy atom. The number of hydrogen-bond donors (Lipinski definition) is 1. The number of likely N-dealkylation sites (N-methyl/N-ethyl adjacent to an activating group) is 1. The summed E-state index contributed by atoms with van der Waals surface area (Å²) < 4.78 is 26.6. The zero-order valence-corrected chi connectivity index (χ0v) is 22.1. The number of hydrogen-bond acceptors (Lipinski definition) is 5. The first-order valence-corrected chi connectivity index (χ1v) is 14.1. The van der Waals surface area contributed by atoms with E-state index in [-0.39, 0.29) is 48.2 Å². The molecule has 1 heterocycles. The van der Waals surface area contributed by atoms with Gasteiger partial charge in [0, 0.05) is 32.5 Å². The van der Waals surface area contributed by atoms with Gasteiger partial charge in [-0.3, -0.25) is 14.4 Å². The van der Waals surface area contributed by atoms with E-state index in [1.54, 1.807) is 17.0 Å². The molecule has 3 aromatic rings. The van der Waals surface area contributed by atoms with Gasteiger partial charge in [0.25, 0.3) is 15.9 Å². The maximum atomic E-state index is 13.6. The SMILES string of the molecule is CCNC(=O)[C@H](Cc1ccccc1)N(Cc1ccccc1)C(=O)CCCN1C(=O)c2ccccc2S1(=O)=O. The first-order valence-electron chi connectivity index (χ1n) is 12.6. The highest BCUT2D eigenvalue weighted by Gasteiger charge is 2.40. The lowest BCUT2D eigenvalue weighted by atomic mass is 10.0. The van der Waals surface area contributed by atoms with Gasteiger partial charge in [0.05, 0.1) is 5.56 Å². The largest absolute Gasteiger partial charge is 0.355 e. The Morgan fingerprint density at radius 2 is 1.50 bits per heavy atom. The van der Waals surface area contributed by atoms with Crippen LogP contribution >= 0.6 is 0 Å². The van der Waals surface area contributed by atoms with E-state index in [4.69, 9.17) is 0 Å². The van der Waals surface area contributed by atoms with Crippen molar-refractivity contribution in [1.82, 2.24) is 14.5 Å². The molecule has 0 bridgehead atoms. The van der Waals surface area contributed by atoms with Crippen molar-refractivity contribution in [3.63, 3.8) is 0 Å². The molecule has 198 valence electrons. The summed E-state index contributed by atoms with van der Waals surface area (Å²) in [7, 11) is -3.95. The van der Waals surface area contributed by atoms with E-state index >= 15 is 0 Å². The third-order valence-electron chi connectivity index (χ3n) is 6.48. The van der Waals surface area contributed by atoms with Crippen LogP contribution in [-0.4, -0.2) is 54.5 Å². The highest BCUT2D eigenvalue weighted by molar-refractivity contribution is 7.90. The molecule has 0 saturated heterocycles. The molecule has 1 atom stereocenters. The average molecular weight is 534 g/mol. The van der Waals surface area contributed by atoms with Gasteiger partial charge >= 0.3 is 0 Å². The van der Waals surface area contributed by atoms with Crippen molar-refractivity contribution in [2.75, 3.05) is 13.1 Å². The van der Waals surface area contributed by atoms with Crippen molar-refractivity contribution in [2.24, 2.45) is 0 Å². The van der Waals surface area contributed by atoms with Crippen molar-refractivity contribution >= 4 is 27.7 Å². The van der Waals surface area contributed by atoms with E-state index in [0.717, 1.165) is 15.4 Å². The van der Waals surface area contributed by atoms with E-state index in [0.29, 0.717) is 13.0 Å². The molecule has 0 spiro atoms. The van der Waals surface area contributed by atoms with Crippen LogP contribution in [0.5, 0.6) is 0 Å². The number of amides is 3. The van der Waals surface area contributed by atoms with Gasteiger partial charge in [0.15, 0.2) is 0 Å². The van der Waals surface area contributed by atoms with Crippen molar-refractivity contribution in [2.45, 2.75) is 43.7 Å². The summed E-state index contributed by atoms with van der Waals surface area (Å²) in [6, 6.07) is 24.3. The molecule has 38 heavy (non-hydrogen) atoms. The highest BCUT2D eigenvalue weighted by atomic mass is 32.2. The van der Waals surface area contributed by atoms with Crippen molar-refractivity contribution in [3.8, 4) is 0 Å². The van der Waals surface area contributed by atoms with Gasteiger partial charge in [-0.25, -0.2) is 12.7 Å². The Balaban J connectivity index is 1.53. The van der Waals surface area contributed by atoms with Gasteiger partial charge in [0.1, 0.15) is 10.9 Å². The summed E-state index contributed by atoms with van der Waals surface area (Å²) in [4.78, 5) is 41.1. The Hall–Kier alpha value is -3.98. The van der Waals surface area contributed by atoms with Crippen LogP contribution in [0.3, 0.4) is 0 Å². The fraction of sp³-hybridized carbons (Fsp3) is 0.276. The second-order valence-corrected chi connectivity index (χ2v) is 10.9. The lowest BCUT2D eigenvalue weighted by Gasteiger charge is -2.31. The van der Waals surface area contributed by atoms with Gasteiger partial charge in [-0.05, 0) is 36.6 Å². The van der Waals surface area contributed by atoms with Gasteiger partial charge < -0.3 is 10.2 Å². The van der Waals surface area contributed by atoms with Crippen LogP contribution in [0.15, 0.2) is 89.8 Å². The summed E-state index contributed by atoms with van der Waals surface area (Å²) in [6.07, 6.45) is 0.448. The first-order chi connectivity index (χ1) is 18.3. The van der Waals surface area contributed by atoms with Crippen LogP contribution in [-0.2, 0) is 32.6 Å². The zero-order valence-electron chi connectivity index (χ0n) is 21.2. The second kappa shape index (κ2) is 12.0. The Kier molecular flexibility index (Phi) is 8.58. The molecule has 0 aliphatic carbocycles. The van der Waals surface area contributed by atoms with Gasteiger partial charge in [0.2, 0.25) is 11.8 Å². The molecule has 3 aromatic carbocycles. The third kappa shape index (κ3) is 5.94. The number of carbonyl (C=O) groups is 3. The molecule has 8 nitrogen and oxygen atoms in total. The fourth-order valence-electron chi connectivity index (χ4n) is 4.60. The molecule has 0 unspecified atom stereocenters. The van der Waals surface area contributed by atoms with Crippen molar-refractivity contribution < 1.29 is 22.8 Å². The molecule has 0 fully saturated rings. The quantitative estimate of drug-likeness (QED) is 0.407. The van der Waals surface area contributed by atoms with Crippen LogP contribution in [0.1, 0.15) is 41.3 Å². The number of nitrogens with one attached hydrogen (secondary N) is 1. The summed E-state index contributed by atoms with van der Waals surface area (Å²) in [6.45, 7) is 2.35. The normalized spacial score (nSPS) is 14.6. The van der Waals surface area contributed by atoms with Crippen LogP contribution in [0.4, 0.5) is 0 Å².